The number of aryl methyl sites for hydroxylation is 1. The molecule has 94 valence electrons. The summed E-state index contributed by atoms with van der Waals surface area (Å²) in [7, 11) is 1.81. The molecule has 0 bridgehead atoms. The zero-order valence-electron chi connectivity index (χ0n) is 10.4. The Morgan fingerprint density at radius 3 is 2.94 bits per heavy atom. The number of aromatic nitrogens is 3. The van der Waals surface area contributed by atoms with Crippen LogP contribution in [0.3, 0.4) is 0 Å². The predicted molar refractivity (Wildman–Crippen MR) is 70.8 cm³/mol. The molecule has 0 aliphatic carbocycles. The third kappa shape index (κ3) is 2.74. The van der Waals surface area contributed by atoms with Gasteiger partial charge in [0.15, 0.2) is 10.9 Å². The van der Waals surface area contributed by atoms with Crippen molar-refractivity contribution in [1.29, 1.82) is 0 Å². The highest BCUT2D eigenvalue weighted by Gasteiger charge is 2.19. The van der Waals surface area contributed by atoms with Gasteiger partial charge in [-0.25, -0.2) is 0 Å². The van der Waals surface area contributed by atoms with Crippen molar-refractivity contribution in [2.24, 2.45) is 0 Å². The Bertz CT molecular complexity index is 401. The van der Waals surface area contributed by atoms with E-state index in [1.807, 2.05) is 7.05 Å². The quantitative estimate of drug-likeness (QED) is 0.775. The molecule has 1 aromatic heterocycles. The van der Waals surface area contributed by atoms with Gasteiger partial charge >= 0.3 is 0 Å². The van der Waals surface area contributed by atoms with Crippen molar-refractivity contribution in [3.05, 3.63) is 11.6 Å². The van der Waals surface area contributed by atoms with Gasteiger partial charge in [-0.15, -0.1) is 10.2 Å². The van der Waals surface area contributed by atoms with Gasteiger partial charge in [-0.3, -0.25) is 0 Å². The molecule has 0 amide bonds. The summed E-state index contributed by atoms with van der Waals surface area (Å²) in [5, 5.41) is 15.3. The molecule has 0 fully saturated rings. The second-order valence-electron chi connectivity index (χ2n) is 4.38. The highest BCUT2D eigenvalue weighted by Crippen LogP contribution is 2.18. The first-order valence-corrected chi connectivity index (χ1v) is 6.53. The summed E-state index contributed by atoms with van der Waals surface area (Å²) < 4.78 is 2.24. The molecule has 0 spiro atoms. The first kappa shape index (κ1) is 12.3. The SMILES string of the molecule is CNC(=S)NC(C)c1nnc2n1CCCCC2. The molecule has 2 N–H and O–H groups in total. The summed E-state index contributed by atoms with van der Waals surface area (Å²) in [6.07, 6.45) is 4.74. The number of nitrogens with one attached hydrogen (secondary N) is 2. The molecule has 1 aliphatic rings. The van der Waals surface area contributed by atoms with Gasteiger partial charge < -0.3 is 15.2 Å². The molecule has 1 unspecified atom stereocenters. The van der Waals surface area contributed by atoms with Crippen LogP contribution in [0.15, 0.2) is 0 Å². The van der Waals surface area contributed by atoms with Crippen LogP contribution in [0, 0.1) is 0 Å². The van der Waals surface area contributed by atoms with Gasteiger partial charge in [0, 0.05) is 20.0 Å². The highest BCUT2D eigenvalue weighted by molar-refractivity contribution is 7.80. The zero-order valence-corrected chi connectivity index (χ0v) is 11.2. The number of fused-ring (bicyclic) bond motifs is 1. The molecule has 0 saturated heterocycles. The summed E-state index contributed by atoms with van der Waals surface area (Å²) >= 11 is 5.11. The predicted octanol–water partition coefficient (Wildman–Crippen LogP) is 1.16. The summed E-state index contributed by atoms with van der Waals surface area (Å²) in [5.74, 6) is 2.10. The zero-order chi connectivity index (χ0) is 12.3. The van der Waals surface area contributed by atoms with Gasteiger partial charge in [0.25, 0.3) is 0 Å². The van der Waals surface area contributed by atoms with Crippen LogP contribution in [0.5, 0.6) is 0 Å². The van der Waals surface area contributed by atoms with Crippen molar-refractivity contribution in [1.82, 2.24) is 25.4 Å². The lowest BCUT2D eigenvalue weighted by Crippen LogP contribution is -2.35. The summed E-state index contributed by atoms with van der Waals surface area (Å²) in [5.41, 5.74) is 0. The number of thiocarbonyl (C=S) groups is 1. The molecule has 1 aromatic rings. The smallest absolute Gasteiger partial charge is 0.166 e. The number of rotatable bonds is 2. The lowest BCUT2D eigenvalue weighted by molar-refractivity contribution is 0.556. The maximum Gasteiger partial charge on any atom is 0.166 e. The van der Waals surface area contributed by atoms with E-state index in [2.05, 4.69) is 32.3 Å². The minimum Gasteiger partial charge on any atom is -0.366 e. The lowest BCUT2D eigenvalue weighted by atomic mass is 10.2. The third-order valence-electron chi connectivity index (χ3n) is 3.10. The van der Waals surface area contributed by atoms with E-state index in [4.69, 9.17) is 12.2 Å². The largest absolute Gasteiger partial charge is 0.366 e. The number of hydrogen-bond donors (Lipinski definition) is 2. The average Bonchev–Trinajstić information content (AvgIpc) is 2.58. The monoisotopic (exact) mass is 253 g/mol. The van der Waals surface area contributed by atoms with Crippen molar-refractivity contribution in [2.75, 3.05) is 7.05 Å². The molecule has 0 saturated carbocycles. The fraction of sp³-hybridized carbons (Fsp3) is 0.727. The Hall–Kier alpha value is -1.17. The van der Waals surface area contributed by atoms with E-state index in [-0.39, 0.29) is 6.04 Å². The lowest BCUT2D eigenvalue weighted by Gasteiger charge is -2.16. The third-order valence-corrected chi connectivity index (χ3v) is 3.42. The van der Waals surface area contributed by atoms with Crippen LogP contribution in [-0.4, -0.2) is 26.9 Å². The molecule has 0 aromatic carbocycles. The van der Waals surface area contributed by atoms with Crippen LogP contribution < -0.4 is 10.6 Å². The topological polar surface area (TPSA) is 54.8 Å². The Morgan fingerprint density at radius 2 is 2.18 bits per heavy atom. The minimum atomic E-state index is 0.0919. The van der Waals surface area contributed by atoms with Crippen LogP contribution >= 0.6 is 12.2 Å². The Kier molecular flexibility index (Phi) is 3.93. The van der Waals surface area contributed by atoms with E-state index >= 15 is 0 Å². The van der Waals surface area contributed by atoms with E-state index in [0.29, 0.717) is 5.11 Å². The van der Waals surface area contributed by atoms with Crippen LogP contribution in [0.1, 0.15) is 43.9 Å². The maximum absolute atomic E-state index is 5.11. The summed E-state index contributed by atoms with van der Waals surface area (Å²) in [6.45, 7) is 3.09. The van der Waals surface area contributed by atoms with Gasteiger partial charge in [-0.05, 0) is 32.0 Å². The van der Waals surface area contributed by atoms with E-state index in [0.717, 1.165) is 24.6 Å². The Labute approximate surface area is 107 Å². The van der Waals surface area contributed by atoms with Gasteiger partial charge in [0.05, 0.1) is 6.04 Å². The summed E-state index contributed by atoms with van der Waals surface area (Å²) in [4.78, 5) is 0. The first-order chi connectivity index (χ1) is 8.22. The van der Waals surface area contributed by atoms with Crippen molar-refractivity contribution in [3.63, 3.8) is 0 Å². The first-order valence-electron chi connectivity index (χ1n) is 6.12. The minimum absolute atomic E-state index is 0.0919. The van der Waals surface area contributed by atoms with E-state index in [1.54, 1.807) is 0 Å². The Balaban J connectivity index is 2.15. The Morgan fingerprint density at radius 1 is 1.35 bits per heavy atom. The van der Waals surface area contributed by atoms with Gasteiger partial charge in [0.1, 0.15) is 5.82 Å². The number of hydrogen-bond acceptors (Lipinski definition) is 3. The number of nitrogens with zero attached hydrogens (tertiary/aromatic N) is 3. The van der Waals surface area contributed by atoms with Crippen LogP contribution in [-0.2, 0) is 13.0 Å². The molecular formula is C11H19N5S. The molecule has 2 rings (SSSR count). The van der Waals surface area contributed by atoms with Crippen molar-refractivity contribution < 1.29 is 0 Å². The standard InChI is InChI=1S/C11H19N5S/c1-8(13-11(17)12-2)10-15-14-9-6-4-3-5-7-16(9)10/h8H,3-7H2,1-2H3,(H2,12,13,17). The van der Waals surface area contributed by atoms with Crippen LogP contribution in [0.25, 0.3) is 0 Å². The fourth-order valence-electron chi connectivity index (χ4n) is 2.16. The summed E-state index contributed by atoms with van der Waals surface area (Å²) in [6, 6.07) is 0.0919. The molecule has 1 aliphatic heterocycles. The highest BCUT2D eigenvalue weighted by atomic mass is 32.1. The molecule has 2 heterocycles. The normalized spacial score (nSPS) is 16.8. The average molecular weight is 253 g/mol. The molecule has 5 nitrogen and oxygen atoms in total. The van der Waals surface area contributed by atoms with Gasteiger partial charge in [-0.2, -0.15) is 0 Å². The molecule has 17 heavy (non-hydrogen) atoms. The van der Waals surface area contributed by atoms with Crippen LogP contribution in [0.2, 0.25) is 0 Å². The van der Waals surface area contributed by atoms with Crippen molar-refractivity contribution >= 4 is 17.3 Å². The molecule has 6 heteroatoms. The van der Waals surface area contributed by atoms with Crippen molar-refractivity contribution in [2.45, 2.75) is 45.2 Å². The van der Waals surface area contributed by atoms with Crippen LogP contribution in [0.4, 0.5) is 0 Å². The van der Waals surface area contributed by atoms with E-state index in [1.165, 1.54) is 19.3 Å². The maximum atomic E-state index is 5.11. The second kappa shape index (κ2) is 5.44. The molecule has 0 radical (unpaired) electrons. The van der Waals surface area contributed by atoms with Gasteiger partial charge in [-0.1, -0.05) is 6.42 Å². The van der Waals surface area contributed by atoms with Gasteiger partial charge in [0.2, 0.25) is 0 Å². The van der Waals surface area contributed by atoms with Crippen molar-refractivity contribution in [3.8, 4) is 0 Å². The van der Waals surface area contributed by atoms with E-state index < -0.39 is 0 Å². The molecular weight excluding hydrogens is 234 g/mol. The fourth-order valence-corrected chi connectivity index (χ4v) is 2.34. The molecule has 1 atom stereocenters. The second-order valence-corrected chi connectivity index (χ2v) is 4.79. The van der Waals surface area contributed by atoms with E-state index in [9.17, 15) is 0 Å².